The van der Waals surface area contributed by atoms with Crippen molar-refractivity contribution in [1.82, 2.24) is 9.55 Å². The number of nitrogen functional groups attached to an aromatic ring is 1. The molecule has 0 aliphatic rings. The zero-order chi connectivity index (χ0) is 13.5. The van der Waals surface area contributed by atoms with Crippen molar-refractivity contribution >= 4 is 17.0 Å². The third kappa shape index (κ3) is 1.98. The lowest BCUT2D eigenvalue weighted by Crippen LogP contribution is -2.32. The van der Waals surface area contributed by atoms with Gasteiger partial charge in [0.25, 0.3) is 0 Å². The molecule has 1 aromatic heterocycles. The molecular weight excluding hydrogens is 257 g/mol. The molecule has 1 heterocycles. The quantitative estimate of drug-likeness (QED) is 0.867. The maximum atomic E-state index is 13.3. The number of rotatable bonds is 3. The second kappa shape index (κ2) is 4.11. The minimum absolute atomic E-state index is 0.0483. The van der Waals surface area contributed by atoms with Crippen LogP contribution < -0.4 is 5.73 Å². The molecule has 0 spiro atoms. The number of hydrogen-bond acceptors (Lipinski definition) is 2. The molecule has 2 N–H and O–H groups in total. The SMILES string of the molecule is Nc1nc2c(F)cccc2n1CC(F)(F)C(F)F. The highest BCUT2D eigenvalue weighted by molar-refractivity contribution is 5.78. The van der Waals surface area contributed by atoms with Crippen molar-refractivity contribution in [1.29, 1.82) is 0 Å². The Balaban J connectivity index is 2.52. The molecule has 0 aliphatic carbocycles. The third-order valence-electron chi connectivity index (χ3n) is 2.45. The fourth-order valence-electron chi connectivity index (χ4n) is 1.58. The van der Waals surface area contributed by atoms with Crippen LogP contribution in [0.5, 0.6) is 0 Å². The number of halogens is 5. The highest BCUT2D eigenvalue weighted by atomic mass is 19.3. The summed E-state index contributed by atoms with van der Waals surface area (Å²) in [6, 6.07) is 3.61. The van der Waals surface area contributed by atoms with Gasteiger partial charge in [0.05, 0.1) is 12.1 Å². The fraction of sp³-hybridized carbons (Fsp3) is 0.300. The molecular formula is C10H8F5N3. The summed E-state index contributed by atoms with van der Waals surface area (Å²) in [5, 5.41) is 0. The highest BCUT2D eigenvalue weighted by Crippen LogP contribution is 2.29. The van der Waals surface area contributed by atoms with E-state index in [1.807, 2.05) is 0 Å². The fourth-order valence-corrected chi connectivity index (χ4v) is 1.58. The van der Waals surface area contributed by atoms with Crippen LogP contribution in [-0.2, 0) is 6.54 Å². The predicted octanol–water partition coefficient (Wildman–Crippen LogP) is 2.66. The van der Waals surface area contributed by atoms with E-state index in [0.29, 0.717) is 4.57 Å². The summed E-state index contributed by atoms with van der Waals surface area (Å²) in [6.45, 7) is -1.35. The normalized spacial score (nSPS) is 12.6. The van der Waals surface area contributed by atoms with E-state index in [4.69, 9.17) is 5.73 Å². The summed E-state index contributed by atoms with van der Waals surface area (Å²) >= 11 is 0. The van der Waals surface area contributed by atoms with Crippen molar-refractivity contribution in [2.45, 2.75) is 18.9 Å². The average Bonchev–Trinajstić information content (AvgIpc) is 2.57. The summed E-state index contributed by atoms with van der Waals surface area (Å²) in [4.78, 5) is 3.54. The van der Waals surface area contributed by atoms with Crippen LogP contribution >= 0.6 is 0 Å². The molecule has 18 heavy (non-hydrogen) atoms. The molecule has 2 rings (SSSR count). The Bertz CT molecular complexity index is 578. The molecule has 0 aliphatic heterocycles. The van der Waals surface area contributed by atoms with Crippen LogP contribution in [0, 0.1) is 5.82 Å². The predicted molar refractivity (Wildman–Crippen MR) is 55.1 cm³/mol. The molecule has 8 heteroatoms. The second-order valence-electron chi connectivity index (χ2n) is 3.73. The van der Waals surface area contributed by atoms with E-state index in [0.717, 1.165) is 6.07 Å². The van der Waals surface area contributed by atoms with E-state index in [1.165, 1.54) is 12.1 Å². The van der Waals surface area contributed by atoms with Crippen LogP contribution in [0.2, 0.25) is 0 Å². The third-order valence-corrected chi connectivity index (χ3v) is 2.45. The number of para-hydroxylation sites is 1. The standard InChI is InChI=1S/C10H8F5N3/c11-5-2-1-3-6-7(5)17-9(16)18(6)4-10(14,15)8(12)13/h1-3,8H,4H2,(H2,16,17). The lowest BCUT2D eigenvalue weighted by atomic mass is 10.3. The number of alkyl halides is 4. The Hall–Kier alpha value is -1.86. The topological polar surface area (TPSA) is 43.8 Å². The second-order valence-corrected chi connectivity index (χ2v) is 3.73. The first-order valence-corrected chi connectivity index (χ1v) is 4.89. The van der Waals surface area contributed by atoms with Gasteiger partial charge in [-0.3, -0.25) is 0 Å². The van der Waals surface area contributed by atoms with Crippen LogP contribution in [0.3, 0.4) is 0 Å². The number of aromatic nitrogens is 2. The van der Waals surface area contributed by atoms with E-state index in [9.17, 15) is 22.0 Å². The molecule has 3 nitrogen and oxygen atoms in total. The molecule has 1 aromatic carbocycles. The molecule has 98 valence electrons. The first kappa shape index (κ1) is 12.6. The maximum absolute atomic E-state index is 13.3. The summed E-state index contributed by atoms with van der Waals surface area (Å²) in [5.74, 6) is -5.44. The molecule has 0 atom stereocenters. The molecule has 0 bridgehead atoms. The number of fused-ring (bicyclic) bond motifs is 1. The number of nitrogens with zero attached hydrogens (tertiary/aromatic N) is 2. The van der Waals surface area contributed by atoms with E-state index in [2.05, 4.69) is 4.98 Å². The molecule has 0 fully saturated rings. The van der Waals surface area contributed by atoms with Crippen LogP contribution in [0.4, 0.5) is 27.9 Å². The number of hydrogen-bond donors (Lipinski definition) is 1. The van der Waals surface area contributed by atoms with Crippen molar-refractivity contribution < 1.29 is 22.0 Å². The van der Waals surface area contributed by atoms with Crippen molar-refractivity contribution in [3.63, 3.8) is 0 Å². The van der Waals surface area contributed by atoms with Gasteiger partial charge < -0.3 is 10.3 Å². The Kier molecular flexibility index (Phi) is 2.88. The van der Waals surface area contributed by atoms with Crippen LogP contribution in [-0.4, -0.2) is 21.9 Å². The molecule has 0 saturated heterocycles. The van der Waals surface area contributed by atoms with Gasteiger partial charge in [0, 0.05) is 0 Å². The zero-order valence-corrected chi connectivity index (χ0v) is 8.88. The van der Waals surface area contributed by atoms with Crippen molar-refractivity contribution in [3.8, 4) is 0 Å². The molecule has 0 unspecified atom stereocenters. The van der Waals surface area contributed by atoms with E-state index >= 15 is 0 Å². The summed E-state index contributed by atoms with van der Waals surface area (Å²) < 4.78 is 64.1. The van der Waals surface area contributed by atoms with Gasteiger partial charge in [-0.1, -0.05) is 6.07 Å². The Morgan fingerprint density at radius 1 is 1.33 bits per heavy atom. The Labute approximate surface area is 98.0 Å². The van der Waals surface area contributed by atoms with E-state index in [1.54, 1.807) is 0 Å². The van der Waals surface area contributed by atoms with E-state index < -0.39 is 30.7 Å². The van der Waals surface area contributed by atoms with Crippen molar-refractivity contribution in [2.24, 2.45) is 0 Å². The smallest absolute Gasteiger partial charge is 0.324 e. The van der Waals surface area contributed by atoms with Gasteiger partial charge in [-0.05, 0) is 12.1 Å². The number of nitrogens with two attached hydrogens (primary N) is 1. The Morgan fingerprint density at radius 3 is 2.61 bits per heavy atom. The monoisotopic (exact) mass is 265 g/mol. The van der Waals surface area contributed by atoms with Crippen LogP contribution in [0.25, 0.3) is 11.0 Å². The van der Waals surface area contributed by atoms with Gasteiger partial charge in [-0.15, -0.1) is 0 Å². The van der Waals surface area contributed by atoms with Gasteiger partial charge in [0.1, 0.15) is 5.52 Å². The largest absolute Gasteiger partial charge is 0.369 e. The summed E-state index contributed by atoms with van der Waals surface area (Å²) in [5.41, 5.74) is 5.07. The van der Waals surface area contributed by atoms with Gasteiger partial charge >= 0.3 is 12.3 Å². The van der Waals surface area contributed by atoms with Crippen LogP contribution in [0.1, 0.15) is 0 Å². The molecule has 0 saturated carbocycles. The van der Waals surface area contributed by atoms with Crippen LogP contribution in [0.15, 0.2) is 18.2 Å². The van der Waals surface area contributed by atoms with Crippen molar-refractivity contribution in [2.75, 3.05) is 5.73 Å². The number of anilines is 1. The van der Waals surface area contributed by atoms with Gasteiger partial charge in [0.15, 0.2) is 5.82 Å². The first-order valence-electron chi connectivity index (χ1n) is 4.89. The molecule has 2 aromatic rings. The van der Waals surface area contributed by atoms with E-state index in [-0.39, 0.29) is 11.0 Å². The molecule has 0 radical (unpaired) electrons. The Morgan fingerprint density at radius 2 is 2.00 bits per heavy atom. The minimum Gasteiger partial charge on any atom is -0.369 e. The zero-order valence-electron chi connectivity index (χ0n) is 8.88. The maximum Gasteiger partial charge on any atom is 0.324 e. The summed E-state index contributed by atoms with van der Waals surface area (Å²) in [6.07, 6.45) is -3.83. The number of benzene rings is 1. The van der Waals surface area contributed by atoms with Crippen molar-refractivity contribution in [3.05, 3.63) is 24.0 Å². The first-order chi connectivity index (χ1) is 8.33. The lowest BCUT2D eigenvalue weighted by Gasteiger charge is -2.16. The van der Waals surface area contributed by atoms with Gasteiger partial charge in [-0.2, -0.15) is 8.78 Å². The average molecular weight is 265 g/mol. The molecule has 0 amide bonds. The lowest BCUT2D eigenvalue weighted by molar-refractivity contribution is -0.136. The minimum atomic E-state index is -4.26. The number of imidazole rings is 1. The summed E-state index contributed by atoms with van der Waals surface area (Å²) in [7, 11) is 0. The van der Waals surface area contributed by atoms with Gasteiger partial charge in [-0.25, -0.2) is 18.2 Å². The highest BCUT2D eigenvalue weighted by Gasteiger charge is 2.41. The van der Waals surface area contributed by atoms with Gasteiger partial charge in [0.2, 0.25) is 5.95 Å².